The lowest BCUT2D eigenvalue weighted by atomic mass is 10.1. The number of unbranched alkanes of at least 4 members (excludes halogenated alkanes) is 6. The summed E-state index contributed by atoms with van der Waals surface area (Å²) in [5.74, 6) is 0.177. The Morgan fingerprint density at radius 3 is 1.81 bits per heavy atom. The van der Waals surface area contributed by atoms with Crippen LogP contribution in [0.3, 0.4) is 0 Å². The highest BCUT2D eigenvalue weighted by atomic mass is 16.5. The fourth-order valence-electron chi connectivity index (χ4n) is 3.39. The van der Waals surface area contributed by atoms with Gasteiger partial charge in [-0.1, -0.05) is 46.5 Å². The molecule has 31 heavy (non-hydrogen) atoms. The minimum Gasteiger partial charge on any atom is -0.381 e. The van der Waals surface area contributed by atoms with Crippen LogP contribution >= 0.6 is 0 Å². The van der Waals surface area contributed by atoms with Crippen LogP contribution in [0, 0.1) is 0 Å². The monoisotopic (exact) mass is 442 g/mol. The normalized spacial score (nSPS) is 11.1. The molecule has 0 radical (unpaired) electrons. The number of nitrogens with one attached hydrogen (secondary N) is 2. The van der Waals surface area contributed by atoms with Gasteiger partial charge in [0.05, 0.1) is 6.10 Å². The molecule has 0 aliphatic rings. The molecule has 6 heteroatoms. The van der Waals surface area contributed by atoms with E-state index in [2.05, 4.69) is 31.4 Å². The SMILES string of the molecule is CCCCCC(=O)NCCCCCOCCCCCNC(=O)COC(CCC)CCC. The summed E-state index contributed by atoms with van der Waals surface area (Å²) in [5.41, 5.74) is 0. The Kier molecular flexibility index (Phi) is 22.7. The van der Waals surface area contributed by atoms with Gasteiger partial charge in [0, 0.05) is 32.7 Å². The van der Waals surface area contributed by atoms with Crippen molar-refractivity contribution in [1.29, 1.82) is 0 Å². The molecule has 0 aliphatic heterocycles. The second kappa shape index (κ2) is 23.5. The molecule has 0 fully saturated rings. The van der Waals surface area contributed by atoms with Gasteiger partial charge < -0.3 is 20.1 Å². The largest absolute Gasteiger partial charge is 0.381 e. The van der Waals surface area contributed by atoms with Crippen LogP contribution in [0.4, 0.5) is 0 Å². The van der Waals surface area contributed by atoms with E-state index in [1.165, 1.54) is 0 Å². The molecular formula is C25H50N2O4. The Hall–Kier alpha value is -1.14. The Morgan fingerprint density at radius 1 is 0.677 bits per heavy atom. The Morgan fingerprint density at radius 2 is 1.26 bits per heavy atom. The number of hydrogen-bond acceptors (Lipinski definition) is 4. The summed E-state index contributed by atoms with van der Waals surface area (Å²) in [6, 6.07) is 0. The van der Waals surface area contributed by atoms with Crippen molar-refractivity contribution in [3.8, 4) is 0 Å². The molecule has 2 amide bonds. The molecule has 6 nitrogen and oxygen atoms in total. The van der Waals surface area contributed by atoms with Crippen molar-refractivity contribution in [2.24, 2.45) is 0 Å². The Labute approximate surface area is 191 Å². The number of hydrogen-bond donors (Lipinski definition) is 2. The van der Waals surface area contributed by atoms with Crippen molar-refractivity contribution in [3.05, 3.63) is 0 Å². The van der Waals surface area contributed by atoms with Gasteiger partial charge in [-0.15, -0.1) is 0 Å². The van der Waals surface area contributed by atoms with E-state index < -0.39 is 0 Å². The van der Waals surface area contributed by atoms with Gasteiger partial charge in [0.2, 0.25) is 11.8 Å². The molecule has 0 aromatic heterocycles. The maximum Gasteiger partial charge on any atom is 0.246 e. The maximum absolute atomic E-state index is 11.9. The molecular weight excluding hydrogens is 392 g/mol. The van der Waals surface area contributed by atoms with E-state index in [1.807, 2.05) is 0 Å². The smallest absolute Gasteiger partial charge is 0.246 e. The second-order valence-electron chi connectivity index (χ2n) is 8.40. The van der Waals surface area contributed by atoms with Gasteiger partial charge in [0.25, 0.3) is 0 Å². The van der Waals surface area contributed by atoms with Crippen LogP contribution in [0.5, 0.6) is 0 Å². The van der Waals surface area contributed by atoms with Gasteiger partial charge in [0.15, 0.2) is 0 Å². The van der Waals surface area contributed by atoms with E-state index in [0.29, 0.717) is 13.0 Å². The van der Waals surface area contributed by atoms with E-state index >= 15 is 0 Å². The third-order valence-corrected chi connectivity index (χ3v) is 5.25. The molecule has 0 aliphatic carbocycles. The van der Waals surface area contributed by atoms with Crippen molar-refractivity contribution in [2.45, 2.75) is 117 Å². The lowest BCUT2D eigenvalue weighted by Crippen LogP contribution is -2.30. The molecule has 0 saturated heterocycles. The van der Waals surface area contributed by atoms with Crippen LogP contribution in [0.1, 0.15) is 111 Å². The van der Waals surface area contributed by atoms with E-state index in [-0.39, 0.29) is 24.5 Å². The van der Waals surface area contributed by atoms with Crippen LogP contribution in [0.2, 0.25) is 0 Å². The van der Waals surface area contributed by atoms with Crippen LogP contribution in [0.25, 0.3) is 0 Å². The summed E-state index contributed by atoms with van der Waals surface area (Å²) in [4.78, 5) is 23.4. The van der Waals surface area contributed by atoms with Crippen molar-refractivity contribution in [2.75, 3.05) is 32.9 Å². The molecule has 0 bridgehead atoms. The van der Waals surface area contributed by atoms with Gasteiger partial charge in [-0.3, -0.25) is 9.59 Å². The highest BCUT2D eigenvalue weighted by Gasteiger charge is 2.09. The molecule has 0 aromatic rings. The molecule has 2 N–H and O–H groups in total. The van der Waals surface area contributed by atoms with Gasteiger partial charge in [-0.2, -0.15) is 0 Å². The molecule has 0 unspecified atom stereocenters. The maximum atomic E-state index is 11.9. The molecule has 0 atom stereocenters. The number of rotatable bonds is 23. The highest BCUT2D eigenvalue weighted by Crippen LogP contribution is 2.08. The zero-order chi connectivity index (χ0) is 23.0. The third kappa shape index (κ3) is 21.9. The van der Waals surface area contributed by atoms with Crippen molar-refractivity contribution in [1.82, 2.24) is 10.6 Å². The number of carbonyl (C=O) groups is 2. The molecule has 184 valence electrons. The zero-order valence-electron chi connectivity index (χ0n) is 20.6. The fourth-order valence-corrected chi connectivity index (χ4v) is 3.39. The fraction of sp³-hybridized carbons (Fsp3) is 0.920. The quantitative estimate of drug-likeness (QED) is 0.215. The van der Waals surface area contributed by atoms with Crippen LogP contribution in [-0.4, -0.2) is 50.8 Å². The Bertz CT molecular complexity index is 412. The molecule has 0 saturated carbocycles. The van der Waals surface area contributed by atoms with E-state index in [0.717, 1.165) is 103 Å². The third-order valence-electron chi connectivity index (χ3n) is 5.25. The van der Waals surface area contributed by atoms with Crippen LogP contribution < -0.4 is 10.6 Å². The molecule has 0 heterocycles. The van der Waals surface area contributed by atoms with Gasteiger partial charge in [-0.25, -0.2) is 0 Å². The highest BCUT2D eigenvalue weighted by molar-refractivity contribution is 5.77. The van der Waals surface area contributed by atoms with Crippen LogP contribution in [-0.2, 0) is 19.1 Å². The summed E-state index contributed by atoms with van der Waals surface area (Å²) in [6.45, 7) is 9.67. The zero-order valence-corrected chi connectivity index (χ0v) is 20.6. The van der Waals surface area contributed by atoms with Gasteiger partial charge in [0.1, 0.15) is 6.61 Å². The topological polar surface area (TPSA) is 76.7 Å². The van der Waals surface area contributed by atoms with Gasteiger partial charge in [-0.05, 0) is 57.8 Å². The number of amides is 2. The number of ether oxygens (including phenoxy) is 2. The average Bonchev–Trinajstić information content (AvgIpc) is 2.75. The lowest BCUT2D eigenvalue weighted by molar-refractivity contribution is -0.128. The van der Waals surface area contributed by atoms with E-state index in [4.69, 9.17) is 9.47 Å². The van der Waals surface area contributed by atoms with E-state index in [1.54, 1.807) is 0 Å². The summed E-state index contributed by atoms with van der Waals surface area (Å²) in [6.07, 6.45) is 14.6. The average molecular weight is 443 g/mol. The minimum absolute atomic E-state index is 0.00870. The summed E-state index contributed by atoms with van der Waals surface area (Å²) in [7, 11) is 0. The molecule has 0 rings (SSSR count). The Balaban J connectivity index is 3.34. The standard InChI is InChI=1S/C25H50N2O4/c1-4-7-10-17-24(28)26-18-11-8-13-20-30-21-14-9-12-19-27-25(29)22-31-23(15-5-2)16-6-3/h23H,4-22H2,1-3H3,(H,26,28)(H,27,29). The summed E-state index contributed by atoms with van der Waals surface area (Å²) in [5, 5.41) is 5.93. The predicted molar refractivity (Wildman–Crippen MR) is 128 cm³/mol. The first-order valence-electron chi connectivity index (χ1n) is 12.9. The van der Waals surface area contributed by atoms with Crippen molar-refractivity contribution >= 4 is 11.8 Å². The lowest BCUT2D eigenvalue weighted by Gasteiger charge is -2.16. The first-order chi connectivity index (χ1) is 15.1. The predicted octanol–water partition coefficient (Wildman–Crippen LogP) is 5.14. The molecule has 0 spiro atoms. The first-order valence-corrected chi connectivity index (χ1v) is 12.9. The number of carbonyl (C=O) groups excluding carboxylic acids is 2. The van der Waals surface area contributed by atoms with Crippen molar-refractivity contribution in [3.63, 3.8) is 0 Å². The van der Waals surface area contributed by atoms with Crippen molar-refractivity contribution < 1.29 is 19.1 Å². The summed E-state index contributed by atoms with van der Waals surface area (Å²) >= 11 is 0. The first kappa shape index (κ1) is 29.9. The molecule has 0 aromatic carbocycles. The summed E-state index contributed by atoms with van der Waals surface area (Å²) < 4.78 is 11.4. The second-order valence-corrected chi connectivity index (χ2v) is 8.40. The van der Waals surface area contributed by atoms with E-state index in [9.17, 15) is 9.59 Å². The minimum atomic E-state index is -0.00870. The van der Waals surface area contributed by atoms with Crippen LogP contribution in [0.15, 0.2) is 0 Å². The van der Waals surface area contributed by atoms with Gasteiger partial charge >= 0.3 is 0 Å².